The number of aromatic nitrogens is 1. The molecule has 2 aromatic rings. The summed E-state index contributed by atoms with van der Waals surface area (Å²) in [6.45, 7) is 1.91. The molecule has 9 heteroatoms. The number of hydrogen-bond donors (Lipinski definition) is 2. The van der Waals surface area contributed by atoms with Gasteiger partial charge in [0.2, 0.25) is 5.91 Å². The molecule has 1 aliphatic rings. The first-order chi connectivity index (χ1) is 13.9. The predicted molar refractivity (Wildman–Crippen MR) is 106 cm³/mol. The molecule has 0 aliphatic heterocycles. The second-order valence-electron chi connectivity index (χ2n) is 7.10. The van der Waals surface area contributed by atoms with Crippen LogP contribution in [0.4, 0.5) is 11.4 Å². The van der Waals surface area contributed by atoms with Crippen LogP contribution in [-0.2, 0) is 4.79 Å². The zero-order valence-electron chi connectivity index (χ0n) is 16.2. The zero-order valence-corrected chi connectivity index (χ0v) is 16.2. The summed E-state index contributed by atoms with van der Waals surface area (Å²) >= 11 is 0. The third kappa shape index (κ3) is 5.56. The number of rotatable bonds is 6. The first-order valence-electron chi connectivity index (χ1n) is 9.53. The Balaban J connectivity index is 1.71. The highest BCUT2D eigenvalue weighted by molar-refractivity contribution is 5.88. The monoisotopic (exact) mass is 400 g/mol. The number of benzene rings is 1. The number of carbonyl (C=O) groups excluding carboxylic acids is 1. The number of carbonyl (C=O) groups is 1. The van der Waals surface area contributed by atoms with Crippen LogP contribution in [0.3, 0.4) is 0 Å². The van der Waals surface area contributed by atoms with E-state index in [0.29, 0.717) is 18.0 Å². The van der Waals surface area contributed by atoms with E-state index in [4.69, 9.17) is 4.74 Å². The largest absolute Gasteiger partial charge is 0.493 e. The van der Waals surface area contributed by atoms with Crippen molar-refractivity contribution in [2.75, 3.05) is 11.9 Å². The average Bonchev–Trinajstić information content (AvgIpc) is 2.69. The first-order valence-corrected chi connectivity index (χ1v) is 9.53. The van der Waals surface area contributed by atoms with Crippen LogP contribution >= 0.6 is 0 Å². The van der Waals surface area contributed by atoms with Crippen molar-refractivity contribution in [2.45, 2.75) is 38.6 Å². The molecule has 0 bridgehead atoms. The topological polar surface area (TPSA) is 119 Å². The van der Waals surface area contributed by atoms with Crippen molar-refractivity contribution in [3.63, 3.8) is 0 Å². The van der Waals surface area contributed by atoms with E-state index in [0.717, 1.165) is 30.4 Å². The molecule has 0 unspecified atom stereocenters. The Bertz CT molecular complexity index is 939. The van der Waals surface area contributed by atoms with E-state index >= 15 is 0 Å². The molecule has 1 aromatic heterocycles. The molecule has 0 spiro atoms. The molecule has 154 valence electrons. The van der Waals surface area contributed by atoms with Gasteiger partial charge in [-0.2, -0.15) is 4.73 Å². The number of nitrogens with zero attached hydrogens (tertiary/aromatic N) is 3. The summed E-state index contributed by atoms with van der Waals surface area (Å²) in [6.07, 6.45) is 5.06. The molecule has 1 heterocycles. The fourth-order valence-corrected chi connectivity index (χ4v) is 3.44. The van der Waals surface area contributed by atoms with Gasteiger partial charge >= 0.3 is 0 Å². The summed E-state index contributed by atoms with van der Waals surface area (Å²) in [7, 11) is 0. The minimum Gasteiger partial charge on any atom is -0.493 e. The van der Waals surface area contributed by atoms with Gasteiger partial charge in [0.05, 0.1) is 29.8 Å². The maximum atomic E-state index is 11.1. The second-order valence-corrected chi connectivity index (χ2v) is 7.10. The zero-order chi connectivity index (χ0) is 20.8. The lowest BCUT2D eigenvalue weighted by Gasteiger charge is -2.28. The Morgan fingerprint density at radius 3 is 2.72 bits per heavy atom. The number of ether oxygens (including phenoxy) is 1. The molecule has 3 rings (SSSR count). The van der Waals surface area contributed by atoms with Crippen LogP contribution in [0, 0.1) is 16.0 Å². The maximum absolute atomic E-state index is 11.1. The van der Waals surface area contributed by atoms with Crippen molar-refractivity contribution >= 4 is 17.3 Å². The standard InChI is InChI=1S/C20H24N4O5/c1-14(25)21-16-6-8-18(9-7-16)29-13-15-4-2-3-5-19(15)22-20-12-17(24(27)28)10-11-23(20)26/h6-12,15,19,26H,2-5,13H2,1H3,(H,21,25)/t15-,19+/m0/s1. The minimum absolute atomic E-state index is 0.0946. The lowest BCUT2D eigenvalue weighted by molar-refractivity contribution is -0.385. The van der Waals surface area contributed by atoms with E-state index in [1.807, 2.05) is 0 Å². The predicted octanol–water partition coefficient (Wildman–Crippen LogP) is 3.13. The minimum atomic E-state index is -0.509. The number of nitro groups is 1. The number of amides is 1. The smallest absolute Gasteiger partial charge is 0.274 e. The highest BCUT2D eigenvalue weighted by Crippen LogP contribution is 2.28. The number of nitrogens with one attached hydrogen (secondary N) is 1. The summed E-state index contributed by atoms with van der Waals surface area (Å²) in [5, 5.41) is 23.7. The van der Waals surface area contributed by atoms with Crippen LogP contribution in [0.5, 0.6) is 5.75 Å². The number of pyridine rings is 1. The Morgan fingerprint density at radius 2 is 2.03 bits per heavy atom. The Morgan fingerprint density at radius 1 is 1.31 bits per heavy atom. The highest BCUT2D eigenvalue weighted by Gasteiger charge is 2.25. The molecule has 1 amide bonds. The van der Waals surface area contributed by atoms with Crippen molar-refractivity contribution in [1.29, 1.82) is 0 Å². The molecular formula is C20H24N4O5. The lowest BCUT2D eigenvalue weighted by Crippen LogP contribution is -2.32. The van der Waals surface area contributed by atoms with Crippen molar-refractivity contribution in [2.24, 2.45) is 10.9 Å². The third-order valence-corrected chi connectivity index (χ3v) is 4.91. The van der Waals surface area contributed by atoms with Gasteiger partial charge in [-0.15, -0.1) is 0 Å². The van der Waals surface area contributed by atoms with Gasteiger partial charge < -0.3 is 15.3 Å². The fourth-order valence-electron chi connectivity index (χ4n) is 3.44. The average molecular weight is 400 g/mol. The summed E-state index contributed by atoms with van der Waals surface area (Å²) in [5.74, 6) is 0.696. The van der Waals surface area contributed by atoms with Crippen molar-refractivity contribution in [3.05, 3.63) is 58.2 Å². The molecule has 0 saturated heterocycles. The van der Waals surface area contributed by atoms with E-state index in [2.05, 4.69) is 10.3 Å². The van der Waals surface area contributed by atoms with E-state index in [1.165, 1.54) is 25.3 Å². The number of hydrogen-bond acceptors (Lipinski definition) is 6. The SMILES string of the molecule is CC(=O)Nc1ccc(OC[C@@H]2CCCC[C@H]2N=c2cc([N+](=O)[O-])ccn2O)cc1. The van der Waals surface area contributed by atoms with Gasteiger partial charge in [0, 0.05) is 24.6 Å². The van der Waals surface area contributed by atoms with Crippen LogP contribution in [-0.4, -0.2) is 33.4 Å². The Labute approximate surface area is 167 Å². The lowest BCUT2D eigenvalue weighted by atomic mass is 9.85. The molecule has 29 heavy (non-hydrogen) atoms. The quantitative estimate of drug-likeness (QED) is 0.439. The fraction of sp³-hybridized carbons (Fsp3) is 0.400. The van der Waals surface area contributed by atoms with Crippen molar-refractivity contribution in [3.8, 4) is 5.75 Å². The Hall–Kier alpha value is -3.36. The van der Waals surface area contributed by atoms with E-state index in [-0.39, 0.29) is 29.0 Å². The van der Waals surface area contributed by atoms with Crippen LogP contribution in [0.25, 0.3) is 0 Å². The molecular weight excluding hydrogens is 376 g/mol. The van der Waals surface area contributed by atoms with Crippen LogP contribution in [0.2, 0.25) is 0 Å². The third-order valence-electron chi connectivity index (χ3n) is 4.91. The van der Waals surface area contributed by atoms with Gasteiger partial charge in [-0.1, -0.05) is 12.8 Å². The summed E-state index contributed by atoms with van der Waals surface area (Å²) in [5.41, 5.74) is 0.751. The van der Waals surface area contributed by atoms with Gasteiger partial charge in [-0.3, -0.25) is 19.9 Å². The first kappa shape index (κ1) is 20.4. The van der Waals surface area contributed by atoms with Gasteiger partial charge in [-0.05, 0) is 37.1 Å². The number of anilines is 1. The van der Waals surface area contributed by atoms with E-state index < -0.39 is 4.92 Å². The molecule has 9 nitrogen and oxygen atoms in total. The molecule has 1 aliphatic carbocycles. The molecule has 1 fully saturated rings. The maximum Gasteiger partial charge on any atom is 0.274 e. The summed E-state index contributed by atoms with van der Waals surface area (Å²) < 4.78 is 6.72. The molecule has 1 saturated carbocycles. The summed E-state index contributed by atoms with van der Waals surface area (Å²) in [4.78, 5) is 26.2. The van der Waals surface area contributed by atoms with Crippen LogP contribution in [0.15, 0.2) is 47.6 Å². The second kappa shape index (κ2) is 9.22. The molecule has 2 N–H and O–H groups in total. The van der Waals surface area contributed by atoms with E-state index in [1.54, 1.807) is 24.3 Å². The molecule has 2 atom stereocenters. The van der Waals surface area contributed by atoms with Gasteiger partial charge in [0.1, 0.15) is 5.75 Å². The van der Waals surface area contributed by atoms with Crippen molar-refractivity contribution < 1.29 is 19.7 Å². The van der Waals surface area contributed by atoms with Crippen LogP contribution in [0.1, 0.15) is 32.6 Å². The normalized spacial score (nSPS) is 19.6. The highest BCUT2D eigenvalue weighted by atomic mass is 16.6. The van der Waals surface area contributed by atoms with Gasteiger partial charge in [-0.25, -0.2) is 0 Å². The van der Waals surface area contributed by atoms with Gasteiger partial charge in [0.15, 0.2) is 5.49 Å². The Kier molecular flexibility index (Phi) is 6.48. The molecule has 0 radical (unpaired) electrons. The van der Waals surface area contributed by atoms with E-state index in [9.17, 15) is 20.1 Å². The van der Waals surface area contributed by atoms with Crippen LogP contribution < -0.4 is 15.5 Å². The van der Waals surface area contributed by atoms with Crippen molar-refractivity contribution in [1.82, 2.24) is 4.73 Å². The van der Waals surface area contributed by atoms with Gasteiger partial charge in [0.25, 0.3) is 5.69 Å². The molecule has 1 aromatic carbocycles. The summed E-state index contributed by atoms with van der Waals surface area (Å²) in [6, 6.07) is 9.54.